The van der Waals surface area contributed by atoms with Gasteiger partial charge < -0.3 is 19.2 Å². The fourth-order valence-electron chi connectivity index (χ4n) is 2.27. The molecule has 0 fully saturated rings. The van der Waals surface area contributed by atoms with Crippen LogP contribution >= 0.6 is 0 Å². The Morgan fingerprint density at radius 3 is 2.81 bits per heavy atom. The van der Waals surface area contributed by atoms with Crippen LogP contribution in [-0.4, -0.2) is 29.8 Å². The summed E-state index contributed by atoms with van der Waals surface area (Å²) < 4.78 is 29.5. The standard InChI is InChI=1S/C20H27FN2O4/c1-5-6-7-18-23-16-9-8-15(10-17(16)26-18)25-13-14(11-21)12-22-19(24)27-20(2,3)4/h8-11H,5-7,12-13H2,1-4H3,(H,22,24)/b14-11-. The van der Waals surface area contributed by atoms with Crippen molar-refractivity contribution in [2.45, 2.75) is 52.6 Å². The first-order valence-corrected chi connectivity index (χ1v) is 9.08. The summed E-state index contributed by atoms with van der Waals surface area (Å²) >= 11 is 0. The van der Waals surface area contributed by atoms with Crippen LogP contribution in [0.4, 0.5) is 9.18 Å². The van der Waals surface area contributed by atoms with Crippen LogP contribution in [0.5, 0.6) is 5.75 Å². The smallest absolute Gasteiger partial charge is 0.407 e. The van der Waals surface area contributed by atoms with E-state index in [4.69, 9.17) is 13.9 Å². The van der Waals surface area contributed by atoms with E-state index in [1.807, 2.05) is 0 Å². The molecule has 0 aliphatic rings. The summed E-state index contributed by atoms with van der Waals surface area (Å²) in [5, 5.41) is 2.50. The van der Waals surface area contributed by atoms with Crippen molar-refractivity contribution in [1.82, 2.24) is 10.3 Å². The van der Waals surface area contributed by atoms with E-state index in [1.165, 1.54) is 0 Å². The molecule has 0 spiro atoms. The van der Waals surface area contributed by atoms with Crippen molar-refractivity contribution in [3.05, 3.63) is 36.0 Å². The highest BCUT2D eigenvalue weighted by Crippen LogP contribution is 2.23. The zero-order valence-electron chi connectivity index (χ0n) is 16.3. The van der Waals surface area contributed by atoms with E-state index in [1.54, 1.807) is 39.0 Å². The van der Waals surface area contributed by atoms with Crippen molar-refractivity contribution < 1.29 is 23.1 Å². The van der Waals surface area contributed by atoms with E-state index in [2.05, 4.69) is 17.2 Å². The first-order chi connectivity index (χ1) is 12.8. The van der Waals surface area contributed by atoms with Crippen LogP contribution in [-0.2, 0) is 11.2 Å². The number of benzene rings is 1. The predicted octanol–water partition coefficient (Wildman–Crippen LogP) is 4.93. The number of oxazole rings is 1. The molecular weight excluding hydrogens is 351 g/mol. The summed E-state index contributed by atoms with van der Waals surface area (Å²) in [6.45, 7) is 7.38. The van der Waals surface area contributed by atoms with Crippen LogP contribution in [0.1, 0.15) is 46.4 Å². The number of halogens is 1. The molecule has 0 aliphatic carbocycles. The number of hydrogen-bond donors (Lipinski definition) is 1. The normalized spacial score (nSPS) is 12.3. The minimum atomic E-state index is -0.608. The zero-order valence-corrected chi connectivity index (χ0v) is 16.3. The Hall–Kier alpha value is -2.57. The second-order valence-electron chi connectivity index (χ2n) is 7.25. The lowest BCUT2D eigenvalue weighted by atomic mass is 10.2. The molecule has 0 atom stereocenters. The van der Waals surface area contributed by atoms with Crippen LogP contribution in [0.15, 0.2) is 34.5 Å². The van der Waals surface area contributed by atoms with Gasteiger partial charge in [-0.1, -0.05) is 13.3 Å². The summed E-state index contributed by atoms with van der Waals surface area (Å²) in [6.07, 6.45) is 2.71. The number of alkyl carbamates (subject to hydrolysis) is 1. The van der Waals surface area contributed by atoms with E-state index in [9.17, 15) is 9.18 Å². The highest BCUT2D eigenvalue weighted by atomic mass is 19.1. The summed E-state index contributed by atoms with van der Waals surface area (Å²) in [7, 11) is 0. The number of unbranched alkanes of at least 4 members (excludes halogenated alkanes) is 1. The molecule has 0 unspecified atom stereocenters. The highest BCUT2D eigenvalue weighted by Gasteiger charge is 2.16. The number of amides is 1. The Labute approximate surface area is 158 Å². The van der Waals surface area contributed by atoms with Gasteiger partial charge in [0.2, 0.25) is 0 Å². The number of carbonyl (C=O) groups is 1. The maximum atomic E-state index is 13.1. The van der Waals surface area contributed by atoms with Crippen LogP contribution in [0.25, 0.3) is 11.1 Å². The molecule has 6 nitrogen and oxygen atoms in total. The minimum Gasteiger partial charge on any atom is -0.489 e. The quantitative estimate of drug-likeness (QED) is 0.705. The van der Waals surface area contributed by atoms with Crippen molar-refractivity contribution in [2.24, 2.45) is 0 Å². The molecule has 0 saturated heterocycles. The van der Waals surface area contributed by atoms with Gasteiger partial charge in [0.1, 0.15) is 23.5 Å². The fraction of sp³-hybridized carbons (Fsp3) is 0.500. The van der Waals surface area contributed by atoms with Gasteiger partial charge >= 0.3 is 6.09 Å². The second kappa shape index (κ2) is 9.39. The van der Waals surface area contributed by atoms with Crippen molar-refractivity contribution in [2.75, 3.05) is 13.2 Å². The average Bonchev–Trinajstić information content (AvgIpc) is 3.00. The van der Waals surface area contributed by atoms with E-state index in [0.29, 0.717) is 23.6 Å². The molecule has 2 rings (SSSR count). The van der Waals surface area contributed by atoms with Crippen LogP contribution in [0.3, 0.4) is 0 Å². The van der Waals surface area contributed by atoms with Crippen LogP contribution < -0.4 is 10.1 Å². The Bertz CT molecular complexity index is 793. The lowest BCUT2D eigenvalue weighted by Crippen LogP contribution is -2.34. The van der Waals surface area contributed by atoms with Crippen LogP contribution in [0.2, 0.25) is 0 Å². The number of aromatic nitrogens is 1. The van der Waals surface area contributed by atoms with Gasteiger partial charge in [-0.3, -0.25) is 0 Å². The summed E-state index contributed by atoms with van der Waals surface area (Å²) in [6, 6.07) is 5.29. The molecule has 0 aliphatic heterocycles. The molecule has 2 aromatic rings. The zero-order chi connectivity index (χ0) is 19.9. The summed E-state index contributed by atoms with van der Waals surface area (Å²) in [4.78, 5) is 16.1. The number of ether oxygens (including phenoxy) is 2. The molecule has 7 heteroatoms. The number of aryl methyl sites for hydroxylation is 1. The minimum absolute atomic E-state index is 0.00285. The molecule has 27 heavy (non-hydrogen) atoms. The molecule has 0 radical (unpaired) electrons. The maximum absolute atomic E-state index is 13.1. The van der Waals surface area contributed by atoms with Crippen molar-refractivity contribution >= 4 is 17.2 Å². The molecular formula is C20H27FN2O4. The Balaban J connectivity index is 1.89. The number of hydrogen-bond acceptors (Lipinski definition) is 5. The van der Waals surface area contributed by atoms with Gasteiger partial charge in [0.05, 0.1) is 6.33 Å². The predicted molar refractivity (Wildman–Crippen MR) is 102 cm³/mol. The first-order valence-electron chi connectivity index (χ1n) is 9.08. The van der Waals surface area contributed by atoms with Gasteiger partial charge in [0.25, 0.3) is 0 Å². The van der Waals surface area contributed by atoms with Crippen molar-refractivity contribution in [1.29, 1.82) is 0 Å². The molecule has 1 heterocycles. The second-order valence-corrected chi connectivity index (χ2v) is 7.25. The maximum Gasteiger partial charge on any atom is 0.407 e. The third-order valence-corrected chi connectivity index (χ3v) is 3.59. The molecule has 1 aromatic carbocycles. The van der Waals surface area contributed by atoms with Crippen molar-refractivity contribution in [3.8, 4) is 5.75 Å². The Morgan fingerprint density at radius 1 is 1.37 bits per heavy atom. The lowest BCUT2D eigenvalue weighted by Gasteiger charge is -2.20. The molecule has 148 valence electrons. The van der Waals surface area contributed by atoms with E-state index >= 15 is 0 Å². The van der Waals surface area contributed by atoms with Gasteiger partial charge in [-0.05, 0) is 39.3 Å². The first kappa shape index (κ1) is 20.7. The molecule has 1 aromatic heterocycles. The largest absolute Gasteiger partial charge is 0.489 e. The highest BCUT2D eigenvalue weighted by molar-refractivity contribution is 5.74. The lowest BCUT2D eigenvalue weighted by molar-refractivity contribution is 0.0531. The van der Waals surface area contributed by atoms with Crippen molar-refractivity contribution in [3.63, 3.8) is 0 Å². The van der Waals surface area contributed by atoms with Gasteiger partial charge in [0.15, 0.2) is 11.5 Å². The molecule has 1 N–H and O–H groups in total. The number of nitrogens with zero attached hydrogens (tertiary/aromatic N) is 1. The number of fused-ring (bicyclic) bond motifs is 1. The molecule has 0 saturated carbocycles. The van der Waals surface area contributed by atoms with Gasteiger partial charge in [0, 0.05) is 24.6 Å². The van der Waals surface area contributed by atoms with Gasteiger partial charge in [-0.2, -0.15) is 0 Å². The third-order valence-electron chi connectivity index (χ3n) is 3.59. The monoisotopic (exact) mass is 378 g/mol. The molecule has 0 bridgehead atoms. The van der Waals surface area contributed by atoms with E-state index < -0.39 is 11.7 Å². The van der Waals surface area contributed by atoms with Gasteiger partial charge in [-0.25, -0.2) is 14.2 Å². The van der Waals surface area contributed by atoms with E-state index in [0.717, 1.165) is 24.8 Å². The summed E-state index contributed by atoms with van der Waals surface area (Å²) in [5.41, 5.74) is 1.07. The SMILES string of the molecule is CCCCc1nc2ccc(OC/C(=C\F)CNC(=O)OC(C)(C)C)cc2o1. The average molecular weight is 378 g/mol. The van der Waals surface area contributed by atoms with Gasteiger partial charge in [-0.15, -0.1) is 0 Å². The Morgan fingerprint density at radius 2 is 2.15 bits per heavy atom. The topological polar surface area (TPSA) is 73.6 Å². The van der Waals surface area contributed by atoms with E-state index in [-0.39, 0.29) is 18.7 Å². The fourth-order valence-corrected chi connectivity index (χ4v) is 2.27. The number of nitrogens with one attached hydrogen (secondary N) is 1. The molecule has 1 amide bonds. The number of rotatable bonds is 8. The third kappa shape index (κ3) is 6.92. The Kier molecular flexibility index (Phi) is 7.21. The summed E-state index contributed by atoms with van der Waals surface area (Å²) in [5.74, 6) is 1.24. The number of carbonyl (C=O) groups excluding carboxylic acids is 1. The van der Waals surface area contributed by atoms with Crippen LogP contribution in [0, 0.1) is 0 Å².